The first-order valence-corrected chi connectivity index (χ1v) is 7.79. The van der Waals surface area contributed by atoms with E-state index >= 15 is 0 Å². The molecule has 7 nitrogen and oxygen atoms in total. The summed E-state index contributed by atoms with van der Waals surface area (Å²) in [6.45, 7) is 3.47. The molecule has 2 heterocycles. The Morgan fingerprint density at radius 2 is 2.04 bits per heavy atom. The van der Waals surface area contributed by atoms with Crippen LogP contribution in [0.4, 0.5) is 10.4 Å². The number of hydrogen-bond donors (Lipinski definition) is 1. The van der Waals surface area contributed by atoms with E-state index in [2.05, 4.69) is 20.5 Å². The average Bonchev–Trinajstić information content (AvgIpc) is 3.12. The molecule has 3 rings (SSSR count). The number of carbonyl (C=O) groups excluding carboxylic acids is 1. The fourth-order valence-corrected chi connectivity index (χ4v) is 2.77. The van der Waals surface area contributed by atoms with Gasteiger partial charge in [0.05, 0.1) is 10.7 Å². The van der Waals surface area contributed by atoms with E-state index in [1.54, 1.807) is 0 Å². The van der Waals surface area contributed by atoms with Gasteiger partial charge in [0.1, 0.15) is 16.4 Å². The maximum atomic E-state index is 12.8. The van der Waals surface area contributed by atoms with Gasteiger partial charge in [-0.2, -0.15) is 0 Å². The Labute approximate surface area is 140 Å². The summed E-state index contributed by atoms with van der Waals surface area (Å²) in [6.07, 6.45) is 0. The molecule has 0 unspecified atom stereocenters. The Bertz CT molecular complexity index is 860. The number of rotatable bonds is 5. The van der Waals surface area contributed by atoms with Gasteiger partial charge < -0.3 is 9.15 Å². The standard InChI is InChI=1S/C15H13FN4O3S/c1-8-13(24-9(2)17-8)14-19-20-15(23-14)18-12(21)7-22-11-5-3-10(16)4-6-11/h3-6H,7H2,1-2H3,(H,18,20,21). The molecular formula is C15H13FN4O3S. The molecule has 0 atom stereocenters. The smallest absolute Gasteiger partial charge is 0.322 e. The molecule has 0 aliphatic heterocycles. The number of halogens is 1. The number of aryl methyl sites for hydroxylation is 2. The molecule has 0 fully saturated rings. The highest BCUT2D eigenvalue weighted by atomic mass is 32.1. The molecule has 3 aromatic rings. The highest BCUT2D eigenvalue weighted by Gasteiger charge is 2.16. The molecule has 24 heavy (non-hydrogen) atoms. The number of ether oxygens (including phenoxy) is 1. The third kappa shape index (κ3) is 3.74. The second kappa shape index (κ2) is 6.75. The lowest BCUT2D eigenvalue weighted by atomic mass is 10.3. The Balaban J connectivity index is 1.59. The van der Waals surface area contributed by atoms with Crippen LogP contribution in [-0.2, 0) is 4.79 Å². The van der Waals surface area contributed by atoms with Crippen molar-refractivity contribution in [2.45, 2.75) is 13.8 Å². The summed E-state index contributed by atoms with van der Waals surface area (Å²) in [5.74, 6) is -0.160. The fraction of sp³-hybridized carbons (Fsp3) is 0.200. The van der Waals surface area contributed by atoms with Crippen LogP contribution < -0.4 is 10.1 Å². The number of benzene rings is 1. The molecule has 0 saturated heterocycles. The van der Waals surface area contributed by atoms with E-state index in [1.807, 2.05) is 13.8 Å². The van der Waals surface area contributed by atoms with Crippen molar-refractivity contribution >= 4 is 23.3 Å². The molecule has 0 spiro atoms. The van der Waals surface area contributed by atoms with Crippen molar-refractivity contribution in [1.82, 2.24) is 15.2 Å². The molecule has 1 N–H and O–H groups in total. The number of nitrogens with zero attached hydrogens (tertiary/aromatic N) is 3. The predicted molar refractivity (Wildman–Crippen MR) is 85.4 cm³/mol. The minimum atomic E-state index is -0.466. The molecule has 9 heteroatoms. The number of hydrogen-bond acceptors (Lipinski definition) is 7. The summed E-state index contributed by atoms with van der Waals surface area (Å²) in [5, 5.41) is 11.0. The molecule has 1 aromatic carbocycles. The molecule has 0 radical (unpaired) electrons. The maximum absolute atomic E-state index is 12.8. The Hall–Kier alpha value is -2.81. The number of nitrogens with one attached hydrogen (secondary N) is 1. The summed E-state index contributed by atoms with van der Waals surface area (Å²) >= 11 is 1.43. The third-order valence-corrected chi connectivity index (χ3v) is 4.01. The largest absolute Gasteiger partial charge is 0.484 e. The zero-order chi connectivity index (χ0) is 17.1. The van der Waals surface area contributed by atoms with Crippen molar-refractivity contribution in [2.24, 2.45) is 0 Å². The Morgan fingerprint density at radius 3 is 2.71 bits per heavy atom. The maximum Gasteiger partial charge on any atom is 0.322 e. The van der Waals surface area contributed by atoms with Gasteiger partial charge in [-0.05, 0) is 38.1 Å². The fourth-order valence-electron chi connectivity index (χ4n) is 1.93. The van der Waals surface area contributed by atoms with Crippen LogP contribution in [-0.4, -0.2) is 27.7 Å². The van der Waals surface area contributed by atoms with Crippen molar-refractivity contribution < 1.29 is 18.3 Å². The van der Waals surface area contributed by atoms with E-state index in [9.17, 15) is 9.18 Å². The van der Waals surface area contributed by atoms with E-state index in [0.717, 1.165) is 15.6 Å². The van der Waals surface area contributed by atoms with Crippen LogP contribution in [0.5, 0.6) is 5.75 Å². The van der Waals surface area contributed by atoms with Crippen LogP contribution in [0, 0.1) is 19.7 Å². The SMILES string of the molecule is Cc1nc(C)c(-c2nnc(NC(=O)COc3ccc(F)cc3)o2)s1. The van der Waals surface area contributed by atoms with Gasteiger partial charge in [0, 0.05) is 0 Å². The van der Waals surface area contributed by atoms with Crippen LogP contribution in [0.1, 0.15) is 10.7 Å². The van der Waals surface area contributed by atoms with Gasteiger partial charge in [-0.15, -0.1) is 16.4 Å². The predicted octanol–water partition coefficient (Wildman–Crippen LogP) is 2.97. The van der Waals surface area contributed by atoms with E-state index in [-0.39, 0.29) is 18.4 Å². The highest BCUT2D eigenvalue weighted by Crippen LogP contribution is 2.29. The van der Waals surface area contributed by atoms with E-state index < -0.39 is 5.91 Å². The first kappa shape index (κ1) is 16.1. The van der Waals surface area contributed by atoms with Crippen molar-refractivity contribution in [3.8, 4) is 16.5 Å². The Kier molecular flexibility index (Phi) is 4.52. The first-order chi connectivity index (χ1) is 11.5. The zero-order valence-corrected chi connectivity index (χ0v) is 13.7. The van der Waals surface area contributed by atoms with E-state index in [4.69, 9.17) is 9.15 Å². The number of anilines is 1. The Morgan fingerprint density at radius 1 is 1.29 bits per heavy atom. The molecule has 2 aromatic heterocycles. The van der Waals surface area contributed by atoms with Crippen molar-refractivity contribution in [2.75, 3.05) is 11.9 Å². The number of amides is 1. The molecule has 0 aliphatic rings. The monoisotopic (exact) mass is 348 g/mol. The normalized spacial score (nSPS) is 10.6. The quantitative estimate of drug-likeness (QED) is 0.762. The molecule has 0 bridgehead atoms. The zero-order valence-electron chi connectivity index (χ0n) is 12.9. The van der Waals surface area contributed by atoms with E-state index in [0.29, 0.717) is 11.6 Å². The number of aromatic nitrogens is 3. The summed E-state index contributed by atoms with van der Waals surface area (Å²) in [6, 6.07) is 5.33. The number of thiazole rings is 1. The van der Waals surface area contributed by atoms with Gasteiger partial charge in [-0.1, -0.05) is 5.10 Å². The van der Waals surface area contributed by atoms with Crippen LogP contribution >= 0.6 is 11.3 Å². The van der Waals surface area contributed by atoms with Gasteiger partial charge in [-0.25, -0.2) is 9.37 Å². The van der Waals surface area contributed by atoms with Crippen molar-refractivity contribution in [3.05, 3.63) is 40.8 Å². The van der Waals surface area contributed by atoms with Gasteiger partial charge in [0.25, 0.3) is 11.8 Å². The lowest BCUT2D eigenvalue weighted by Crippen LogP contribution is -2.20. The molecule has 1 amide bonds. The second-order valence-electron chi connectivity index (χ2n) is 4.85. The minimum absolute atomic E-state index is 0.0249. The third-order valence-electron chi connectivity index (χ3n) is 2.95. The lowest BCUT2D eigenvalue weighted by molar-refractivity contribution is -0.118. The van der Waals surface area contributed by atoms with Gasteiger partial charge in [0.2, 0.25) is 0 Å². The second-order valence-corrected chi connectivity index (χ2v) is 6.05. The van der Waals surface area contributed by atoms with Crippen molar-refractivity contribution in [3.63, 3.8) is 0 Å². The highest BCUT2D eigenvalue weighted by molar-refractivity contribution is 7.15. The molecular weight excluding hydrogens is 335 g/mol. The van der Waals surface area contributed by atoms with Crippen molar-refractivity contribution in [1.29, 1.82) is 0 Å². The van der Waals surface area contributed by atoms with Gasteiger partial charge >= 0.3 is 6.01 Å². The first-order valence-electron chi connectivity index (χ1n) is 6.97. The topological polar surface area (TPSA) is 90.1 Å². The lowest BCUT2D eigenvalue weighted by Gasteiger charge is -2.04. The van der Waals surface area contributed by atoms with Crippen LogP contribution in [0.3, 0.4) is 0 Å². The van der Waals surface area contributed by atoms with Crippen LogP contribution in [0.15, 0.2) is 28.7 Å². The average molecular weight is 348 g/mol. The van der Waals surface area contributed by atoms with E-state index in [1.165, 1.54) is 35.6 Å². The van der Waals surface area contributed by atoms with Crippen LogP contribution in [0.25, 0.3) is 10.8 Å². The summed E-state index contributed by atoms with van der Waals surface area (Å²) in [5.41, 5.74) is 0.790. The van der Waals surface area contributed by atoms with Crippen LogP contribution in [0.2, 0.25) is 0 Å². The van der Waals surface area contributed by atoms with Gasteiger partial charge in [-0.3, -0.25) is 10.1 Å². The number of carbonyl (C=O) groups is 1. The molecule has 0 saturated carbocycles. The van der Waals surface area contributed by atoms with Gasteiger partial charge in [0.15, 0.2) is 6.61 Å². The summed E-state index contributed by atoms with van der Waals surface area (Å²) in [7, 11) is 0. The molecule has 0 aliphatic carbocycles. The summed E-state index contributed by atoms with van der Waals surface area (Å²) in [4.78, 5) is 16.9. The minimum Gasteiger partial charge on any atom is -0.484 e. The molecule has 124 valence electrons. The summed E-state index contributed by atoms with van der Waals surface area (Å²) < 4.78 is 23.4.